The second kappa shape index (κ2) is 6.97. The summed E-state index contributed by atoms with van der Waals surface area (Å²) in [5, 5.41) is 0. The van der Waals surface area contributed by atoms with E-state index in [1.54, 1.807) is 61.7 Å². The molecule has 7 nitrogen and oxygen atoms in total. The molecule has 1 aromatic heterocycles. The van der Waals surface area contributed by atoms with Crippen molar-refractivity contribution in [1.29, 1.82) is 0 Å². The number of nitrogens with zero attached hydrogens (tertiary/aromatic N) is 3. The third-order valence-corrected chi connectivity index (χ3v) is 6.18. The predicted octanol–water partition coefficient (Wildman–Crippen LogP) is 3.55. The minimum Gasteiger partial charge on any atom is -0.497 e. The molecule has 2 aromatic carbocycles. The van der Waals surface area contributed by atoms with Crippen LogP contribution in [0.2, 0.25) is 0 Å². The maximum absolute atomic E-state index is 13.3. The molecule has 1 aliphatic heterocycles. The number of carbonyl (C=O) groups is 1. The van der Waals surface area contributed by atoms with E-state index in [9.17, 15) is 13.2 Å². The number of carbonyl (C=O) groups excluding carboxylic acids is 1. The fraction of sp³-hybridized carbons (Fsp3) is 0.100. The van der Waals surface area contributed by atoms with Gasteiger partial charge in [-0.25, -0.2) is 27.4 Å². The minimum atomic E-state index is -4.03. The summed E-state index contributed by atoms with van der Waals surface area (Å²) in [4.78, 5) is 18.7. The molecule has 0 fully saturated rings. The fourth-order valence-corrected chi connectivity index (χ4v) is 4.51. The van der Waals surface area contributed by atoms with Crippen LogP contribution < -0.4 is 9.64 Å². The van der Waals surface area contributed by atoms with Gasteiger partial charge in [0, 0.05) is 6.20 Å². The maximum atomic E-state index is 13.3. The molecule has 0 N–H and O–H groups in total. The van der Waals surface area contributed by atoms with Crippen LogP contribution >= 0.6 is 0 Å². The van der Waals surface area contributed by atoms with Crippen molar-refractivity contribution in [3.8, 4) is 5.75 Å². The summed E-state index contributed by atoms with van der Waals surface area (Å²) in [5.41, 5.74) is 1.21. The number of pyridine rings is 1. The Morgan fingerprint density at radius 1 is 0.964 bits per heavy atom. The van der Waals surface area contributed by atoms with E-state index in [-0.39, 0.29) is 17.3 Å². The van der Waals surface area contributed by atoms with Gasteiger partial charge in [-0.15, -0.1) is 0 Å². The normalized spacial score (nSPS) is 15.2. The molecule has 0 unspecified atom stereocenters. The Bertz CT molecular complexity index is 1120. The highest BCUT2D eigenvalue weighted by Crippen LogP contribution is 2.38. The summed E-state index contributed by atoms with van der Waals surface area (Å²) < 4.78 is 32.3. The van der Waals surface area contributed by atoms with Crippen LogP contribution in [0.4, 0.5) is 16.3 Å². The highest BCUT2D eigenvalue weighted by molar-refractivity contribution is 7.90. The second-order valence-electron chi connectivity index (χ2n) is 6.14. The zero-order valence-electron chi connectivity index (χ0n) is 15.0. The lowest BCUT2D eigenvalue weighted by Crippen LogP contribution is -2.48. The Hall–Kier alpha value is -3.39. The van der Waals surface area contributed by atoms with Gasteiger partial charge in [-0.1, -0.05) is 30.3 Å². The first-order chi connectivity index (χ1) is 13.5. The van der Waals surface area contributed by atoms with Crippen LogP contribution in [0.25, 0.3) is 0 Å². The van der Waals surface area contributed by atoms with Gasteiger partial charge < -0.3 is 4.74 Å². The molecule has 0 radical (unpaired) electrons. The molecule has 0 saturated carbocycles. The number of ether oxygens (including phenoxy) is 1. The predicted molar refractivity (Wildman–Crippen MR) is 104 cm³/mol. The van der Waals surface area contributed by atoms with Crippen molar-refractivity contribution in [2.75, 3.05) is 12.0 Å². The molecule has 8 heteroatoms. The highest BCUT2D eigenvalue weighted by Gasteiger charge is 2.43. The van der Waals surface area contributed by atoms with Crippen LogP contribution in [0.15, 0.2) is 77.8 Å². The van der Waals surface area contributed by atoms with Crippen LogP contribution in [-0.2, 0) is 16.6 Å². The number of hydrogen-bond donors (Lipinski definition) is 0. The lowest BCUT2D eigenvalue weighted by molar-refractivity contribution is 0.229. The number of hydrogen-bond acceptors (Lipinski definition) is 5. The van der Waals surface area contributed by atoms with Crippen LogP contribution in [0.3, 0.4) is 0 Å². The van der Waals surface area contributed by atoms with Crippen LogP contribution in [0, 0.1) is 0 Å². The van der Waals surface area contributed by atoms with E-state index >= 15 is 0 Å². The summed E-state index contributed by atoms with van der Waals surface area (Å²) in [5.74, 6) is 0.713. The van der Waals surface area contributed by atoms with E-state index in [1.165, 1.54) is 17.2 Å². The molecule has 28 heavy (non-hydrogen) atoms. The molecule has 0 saturated heterocycles. The summed E-state index contributed by atoms with van der Waals surface area (Å²) in [6.45, 7) is -0.0665. The zero-order valence-corrected chi connectivity index (χ0v) is 15.8. The van der Waals surface area contributed by atoms with E-state index in [4.69, 9.17) is 4.74 Å². The van der Waals surface area contributed by atoms with Gasteiger partial charge in [-0.2, -0.15) is 0 Å². The number of fused-ring (bicyclic) bond motifs is 1. The van der Waals surface area contributed by atoms with Crippen molar-refractivity contribution in [1.82, 2.24) is 9.29 Å². The Morgan fingerprint density at radius 3 is 2.36 bits per heavy atom. The summed E-state index contributed by atoms with van der Waals surface area (Å²) >= 11 is 0. The molecule has 2 heterocycles. The lowest BCUT2D eigenvalue weighted by Gasteiger charge is -2.35. The number of anilines is 2. The number of benzene rings is 2. The SMILES string of the molecule is COc1ccc(N2C(=O)N(Cc3ccccc3)S(=O)(=O)c3cccnc32)cc1. The first-order valence-electron chi connectivity index (χ1n) is 8.52. The first-order valence-corrected chi connectivity index (χ1v) is 9.96. The molecule has 0 atom stereocenters. The van der Waals surface area contributed by atoms with Crippen LogP contribution in [-0.4, -0.2) is 30.8 Å². The zero-order chi connectivity index (χ0) is 19.7. The number of urea groups is 1. The molecule has 1 aliphatic rings. The standard InChI is InChI=1S/C20H17N3O4S/c1-27-17-11-9-16(10-12-17)23-19-18(8-5-13-21-19)28(25,26)22(20(23)24)14-15-6-3-2-4-7-15/h2-13H,14H2,1H3. The Labute approximate surface area is 162 Å². The molecule has 0 spiro atoms. The largest absolute Gasteiger partial charge is 0.497 e. The highest BCUT2D eigenvalue weighted by atomic mass is 32.2. The van der Waals surface area contributed by atoms with Crippen LogP contribution in [0.1, 0.15) is 5.56 Å². The van der Waals surface area contributed by atoms with Gasteiger partial charge in [0.05, 0.1) is 19.3 Å². The van der Waals surface area contributed by atoms with Gasteiger partial charge in [0.15, 0.2) is 5.82 Å². The monoisotopic (exact) mass is 395 g/mol. The molecule has 0 aliphatic carbocycles. The number of rotatable bonds is 4. The van der Waals surface area contributed by atoms with Crippen molar-refractivity contribution >= 4 is 27.6 Å². The lowest BCUT2D eigenvalue weighted by atomic mass is 10.2. The Kier molecular flexibility index (Phi) is 4.48. The van der Waals surface area contributed by atoms with E-state index in [2.05, 4.69) is 4.98 Å². The van der Waals surface area contributed by atoms with Crippen LogP contribution in [0.5, 0.6) is 5.75 Å². The fourth-order valence-electron chi connectivity index (χ4n) is 3.04. The third-order valence-electron chi connectivity index (χ3n) is 4.43. The summed E-state index contributed by atoms with van der Waals surface area (Å²) in [6.07, 6.45) is 1.46. The topological polar surface area (TPSA) is 79.8 Å². The number of methoxy groups -OCH3 is 1. The summed E-state index contributed by atoms with van der Waals surface area (Å²) in [6, 6.07) is 18.1. The van der Waals surface area contributed by atoms with E-state index < -0.39 is 16.1 Å². The average molecular weight is 395 g/mol. The molecule has 2 amide bonds. The van der Waals surface area contributed by atoms with Crippen molar-refractivity contribution in [2.24, 2.45) is 0 Å². The maximum Gasteiger partial charge on any atom is 0.344 e. The Balaban J connectivity index is 1.85. The van der Waals surface area contributed by atoms with E-state index in [0.29, 0.717) is 17.0 Å². The molecule has 3 aromatic rings. The van der Waals surface area contributed by atoms with Gasteiger partial charge >= 0.3 is 6.03 Å². The second-order valence-corrected chi connectivity index (χ2v) is 7.97. The molecule has 4 rings (SSSR count). The quantitative estimate of drug-likeness (QED) is 0.675. The first kappa shape index (κ1) is 18.0. The van der Waals surface area contributed by atoms with Crippen molar-refractivity contribution in [2.45, 2.75) is 11.4 Å². The van der Waals surface area contributed by atoms with E-state index in [0.717, 1.165) is 4.31 Å². The van der Waals surface area contributed by atoms with Gasteiger partial charge in [0.25, 0.3) is 10.0 Å². The smallest absolute Gasteiger partial charge is 0.344 e. The van der Waals surface area contributed by atoms with Gasteiger partial charge in [-0.05, 0) is 42.0 Å². The van der Waals surface area contributed by atoms with Crippen molar-refractivity contribution in [3.05, 3.63) is 78.5 Å². The summed E-state index contributed by atoms with van der Waals surface area (Å²) in [7, 11) is -2.48. The van der Waals surface area contributed by atoms with Crippen molar-refractivity contribution < 1.29 is 17.9 Å². The minimum absolute atomic E-state index is 0.0126. The average Bonchev–Trinajstić information content (AvgIpc) is 2.73. The molecular weight excluding hydrogens is 378 g/mol. The van der Waals surface area contributed by atoms with Gasteiger partial charge in [0.2, 0.25) is 0 Å². The molecule has 142 valence electrons. The Morgan fingerprint density at radius 2 is 1.68 bits per heavy atom. The van der Waals surface area contributed by atoms with Gasteiger partial charge in [-0.3, -0.25) is 0 Å². The molecular formula is C20H17N3O4S. The third kappa shape index (κ3) is 2.97. The van der Waals surface area contributed by atoms with Crippen molar-refractivity contribution in [3.63, 3.8) is 0 Å². The number of sulfonamides is 1. The number of aromatic nitrogens is 1. The van der Waals surface area contributed by atoms with Gasteiger partial charge in [0.1, 0.15) is 10.6 Å². The van der Waals surface area contributed by atoms with E-state index in [1.807, 2.05) is 6.07 Å². The number of amides is 2. The molecule has 0 bridgehead atoms.